The first kappa shape index (κ1) is 19.5. The average molecular weight is 320 g/mol. The summed E-state index contributed by atoms with van der Waals surface area (Å²) in [4.78, 5) is 12.0. The van der Waals surface area contributed by atoms with Gasteiger partial charge in [0.15, 0.2) is 5.78 Å². The normalized spacial score (nSPS) is 33.6. The molecule has 0 spiro atoms. The number of hydrogen-bond acceptors (Lipinski definition) is 7. The largest absolute Gasteiger partial charge is 0.394 e. The molecule has 1 saturated heterocycles. The second-order valence-electron chi connectivity index (χ2n) is 5.87. The summed E-state index contributed by atoms with van der Waals surface area (Å²) < 4.78 is 5.18. The molecular weight excluding hydrogens is 292 g/mol. The van der Waals surface area contributed by atoms with Crippen LogP contribution in [0.4, 0.5) is 0 Å². The molecule has 0 aliphatic carbocycles. The van der Waals surface area contributed by atoms with E-state index in [0.29, 0.717) is 6.42 Å². The lowest BCUT2D eigenvalue weighted by atomic mass is 9.90. The fourth-order valence-corrected chi connectivity index (χ4v) is 2.63. The molecule has 1 aliphatic rings. The molecule has 130 valence electrons. The number of aliphatic hydroxyl groups excluding tert-OH is 5. The van der Waals surface area contributed by atoms with E-state index in [1.54, 1.807) is 0 Å². The lowest BCUT2D eigenvalue weighted by Gasteiger charge is -2.41. The molecule has 0 saturated carbocycles. The molecule has 1 fully saturated rings. The molecule has 22 heavy (non-hydrogen) atoms. The van der Waals surface area contributed by atoms with Crippen LogP contribution in [0, 0.1) is 0 Å². The molecular formula is C15H28O7. The number of Topliss-reactive ketones (excluding diaryl/α,β-unsaturated/α-hetero) is 1. The molecule has 7 heteroatoms. The van der Waals surface area contributed by atoms with Crippen molar-refractivity contribution in [3.63, 3.8) is 0 Å². The minimum atomic E-state index is -1.59. The summed E-state index contributed by atoms with van der Waals surface area (Å²) in [6.07, 6.45) is -3.78. The van der Waals surface area contributed by atoms with Gasteiger partial charge in [0.25, 0.3) is 0 Å². The van der Waals surface area contributed by atoms with Crippen LogP contribution in [0.3, 0.4) is 0 Å². The van der Waals surface area contributed by atoms with Gasteiger partial charge >= 0.3 is 0 Å². The Morgan fingerprint density at radius 2 is 1.68 bits per heavy atom. The molecule has 6 atom stereocenters. The van der Waals surface area contributed by atoms with Crippen molar-refractivity contribution in [3.8, 4) is 0 Å². The first-order valence-corrected chi connectivity index (χ1v) is 7.95. The van der Waals surface area contributed by atoms with E-state index in [-0.39, 0.29) is 6.42 Å². The molecule has 1 heterocycles. The van der Waals surface area contributed by atoms with Gasteiger partial charge in [0.2, 0.25) is 0 Å². The minimum absolute atomic E-state index is 0.167. The van der Waals surface area contributed by atoms with E-state index >= 15 is 0 Å². The number of ketones is 1. The SMILES string of the molecule is CCCCCCCC(=O)C(O)C1O[C@H](CO)[C@@H](O)[C@H](O)[C@@H]1O. The van der Waals surface area contributed by atoms with Crippen molar-refractivity contribution in [2.45, 2.75) is 82.1 Å². The van der Waals surface area contributed by atoms with Crippen molar-refractivity contribution < 1.29 is 35.1 Å². The van der Waals surface area contributed by atoms with E-state index < -0.39 is 49.0 Å². The monoisotopic (exact) mass is 320 g/mol. The second-order valence-corrected chi connectivity index (χ2v) is 5.87. The van der Waals surface area contributed by atoms with E-state index in [0.717, 1.165) is 25.7 Å². The Bertz CT molecular complexity index is 334. The number of aliphatic hydroxyl groups is 5. The predicted octanol–water partition coefficient (Wildman–Crippen LogP) is -0.881. The van der Waals surface area contributed by atoms with Crippen LogP contribution in [-0.2, 0) is 9.53 Å². The van der Waals surface area contributed by atoms with Gasteiger partial charge in [-0.15, -0.1) is 0 Å². The zero-order valence-corrected chi connectivity index (χ0v) is 13.0. The van der Waals surface area contributed by atoms with Gasteiger partial charge in [-0.1, -0.05) is 32.6 Å². The molecule has 2 unspecified atom stereocenters. The van der Waals surface area contributed by atoms with Crippen LogP contribution < -0.4 is 0 Å². The van der Waals surface area contributed by atoms with Crippen LogP contribution >= 0.6 is 0 Å². The highest BCUT2D eigenvalue weighted by Gasteiger charge is 2.47. The Hall–Kier alpha value is -0.570. The van der Waals surface area contributed by atoms with Crippen molar-refractivity contribution in [3.05, 3.63) is 0 Å². The molecule has 0 aromatic carbocycles. The number of hydrogen-bond donors (Lipinski definition) is 5. The number of ether oxygens (including phenoxy) is 1. The van der Waals surface area contributed by atoms with Crippen LogP contribution in [0.25, 0.3) is 0 Å². The summed E-state index contributed by atoms with van der Waals surface area (Å²) in [5, 5.41) is 48.3. The molecule has 7 nitrogen and oxygen atoms in total. The summed E-state index contributed by atoms with van der Waals surface area (Å²) in [6, 6.07) is 0. The van der Waals surface area contributed by atoms with E-state index in [2.05, 4.69) is 6.92 Å². The third-order valence-electron chi connectivity index (χ3n) is 4.10. The van der Waals surface area contributed by atoms with Gasteiger partial charge in [-0.2, -0.15) is 0 Å². The fourth-order valence-electron chi connectivity index (χ4n) is 2.63. The van der Waals surface area contributed by atoms with Crippen molar-refractivity contribution in [1.29, 1.82) is 0 Å². The Morgan fingerprint density at radius 1 is 1.05 bits per heavy atom. The van der Waals surface area contributed by atoms with Crippen LogP contribution in [0.1, 0.15) is 45.4 Å². The number of rotatable bonds is 9. The molecule has 0 amide bonds. The second kappa shape index (κ2) is 9.54. The molecule has 0 aromatic rings. The van der Waals surface area contributed by atoms with E-state index in [1.807, 2.05) is 0 Å². The van der Waals surface area contributed by atoms with Crippen LogP contribution in [0.2, 0.25) is 0 Å². The predicted molar refractivity (Wildman–Crippen MR) is 78.2 cm³/mol. The van der Waals surface area contributed by atoms with Crippen molar-refractivity contribution in [2.75, 3.05) is 6.61 Å². The van der Waals surface area contributed by atoms with Gasteiger partial charge < -0.3 is 30.3 Å². The minimum Gasteiger partial charge on any atom is -0.394 e. The summed E-state index contributed by atoms with van der Waals surface area (Å²) in [7, 11) is 0. The first-order valence-electron chi connectivity index (χ1n) is 7.95. The zero-order valence-electron chi connectivity index (χ0n) is 13.0. The smallest absolute Gasteiger partial charge is 0.164 e. The quantitative estimate of drug-likeness (QED) is 0.349. The van der Waals surface area contributed by atoms with Gasteiger partial charge in [-0.05, 0) is 6.42 Å². The number of unbranched alkanes of at least 4 members (excludes halogenated alkanes) is 4. The lowest BCUT2D eigenvalue weighted by Crippen LogP contribution is -2.62. The van der Waals surface area contributed by atoms with Gasteiger partial charge in [-0.25, -0.2) is 0 Å². The van der Waals surface area contributed by atoms with E-state index in [1.165, 1.54) is 0 Å². The Balaban J connectivity index is 2.51. The third kappa shape index (κ3) is 4.97. The maximum absolute atomic E-state index is 12.0. The molecule has 5 N–H and O–H groups in total. The fraction of sp³-hybridized carbons (Fsp3) is 0.933. The van der Waals surface area contributed by atoms with Gasteiger partial charge in [0.1, 0.15) is 36.6 Å². The highest BCUT2D eigenvalue weighted by Crippen LogP contribution is 2.24. The summed E-state index contributed by atoms with van der Waals surface area (Å²) in [6.45, 7) is 1.51. The summed E-state index contributed by atoms with van der Waals surface area (Å²) >= 11 is 0. The molecule has 1 rings (SSSR count). The average Bonchev–Trinajstić information content (AvgIpc) is 2.52. The standard InChI is InChI=1S/C15H28O7/c1-2-3-4-5-6-7-9(17)11(18)15-14(21)13(20)12(19)10(8-16)22-15/h10-16,18-21H,2-8H2,1H3/t10-,11?,12-,13+,14+,15?/m1/s1. The first-order chi connectivity index (χ1) is 10.4. The molecule has 0 bridgehead atoms. The Kier molecular flexibility index (Phi) is 8.45. The Morgan fingerprint density at radius 3 is 2.27 bits per heavy atom. The maximum atomic E-state index is 12.0. The Labute approximate surface area is 130 Å². The number of carbonyl (C=O) groups is 1. The zero-order chi connectivity index (χ0) is 16.7. The van der Waals surface area contributed by atoms with Crippen LogP contribution in [0.15, 0.2) is 0 Å². The van der Waals surface area contributed by atoms with Gasteiger partial charge in [0.05, 0.1) is 6.61 Å². The molecule has 1 aliphatic heterocycles. The van der Waals surface area contributed by atoms with Crippen LogP contribution in [0.5, 0.6) is 0 Å². The van der Waals surface area contributed by atoms with Gasteiger partial charge in [0, 0.05) is 6.42 Å². The maximum Gasteiger partial charge on any atom is 0.164 e. The molecule has 0 radical (unpaired) electrons. The number of carbonyl (C=O) groups excluding carboxylic acids is 1. The third-order valence-corrected chi connectivity index (χ3v) is 4.10. The summed E-state index contributed by atoms with van der Waals surface area (Å²) in [5.74, 6) is -0.471. The summed E-state index contributed by atoms with van der Waals surface area (Å²) in [5.41, 5.74) is 0. The van der Waals surface area contributed by atoms with Crippen LogP contribution in [-0.4, -0.2) is 74.5 Å². The molecule has 0 aromatic heterocycles. The van der Waals surface area contributed by atoms with E-state index in [9.17, 15) is 25.2 Å². The van der Waals surface area contributed by atoms with Crippen molar-refractivity contribution in [2.24, 2.45) is 0 Å². The van der Waals surface area contributed by atoms with Crippen molar-refractivity contribution >= 4 is 5.78 Å². The van der Waals surface area contributed by atoms with Crippen molar-refractivity contribution in [1.82, 2.24) is 0 Å². The topological polar surface area (TPSA) is 127 Å². The van der Waals surface area contributed by atoms with E-state index in [4.69, 9.17) is 9.84 Å². The highest BCUT2D eigenvalue weighted by molar-refractivity contribution is 5.83. The lowest BCUT2D eigenvalue weighted by molar-refractivity contribution is -0.246. The highest BCUT2D eigenvalue weighted by atomic mass is 16.6. The van der Waals surface area contributed by atoms with Gasteiger partial charge in [-0.3, -0.25) is 4.79 Å².